The van der Waals surface area contributed by atoms with E-state index in [2.05, 4.69) is 37.2 Å². The minimum Gasteiger partial charge on any atom is -0.351 e. The van der Waals surface area contributed by atoms with Gasteiger partial charge in [-0.25, -0.2) is 0 Å². The Bertz CT molecular complexity index is 599. The zero-order chi connectivity index (χ0) is 14.5. The van der Waals surface area contributed by atoms with Crippen LogP contribution in [0.4, 0.5) is 0 Å². The molecule has 1 N–H and O–H groups in total. The smallest absolute Gasteiger partial charge is 0.252 e. The first-order chi connectivity index (χ1) is 9.58. The van der Waals surface area contributed by atoms with Gasteiger partial charge >= 0.3 is 0 Å². The maximum atomic E-state index is 12.2. The second kappa shape index (κ2) is 7.04. The summed E-state index contributed by atoms with van der Waals surface area (Å²) in [5.74, 6) is -0.0720. The van der Waals surface area contributed by atoms with Crippen molar-refractivity contribution in [3.8, 4) is 0 Å². The third-order valence-corrected chi connectivity index (χ3v) is 4.48. The third kappa shape index (κ3) is 3.93. The summed E-state index contributed by atoms with van der Waals surface area (Å²) in [5.41, 5.74) is 2.93. The number of aryl methyl sites for hydroxylation is 1. The normalized spacial score (nSPS) is 11.9. The maximum absolute atomic E-state index is 12.2. The number of alkyl halides is 1. The van der Waals surface area contributed by atoms with Gasteiger partial charge in [0.05, 0.1) is 10.4 Å². The zero-order valence-electron chi connectivity index (χ0n) is 11.1. The van der Waals surface area contributed by atoms with Crippen molar-refractivity contribution >= 4 is 37.8 Å². The van der Waals surface area contributed by atoms with Crippen LogP contribution in [-0.4, -0.2) is 12.5 Å². The third-order valence-electron chi connectivity index (χ3n) is 2.97. The molecule has 0 radical (unpaired) electrons. The number of carbonyl (C=O) groups is 1. The minimum atomic E-state index is -0.0720. The van der Waals surface area contributed by atoms with Gasteiger partial charge in [0.1, 0.15) is 0 Å². The highest BCUT2D eigenvalue weighted by molar-refractivity contribution is 9.10. The Morgan fingerprint density at radius 3 is 2.55 bits per heavy atom. The Morgan fingerprint density at radius 1 is 1.20 bits per heavy atom. The van der Waals surface area contributed by atoms with Gasteiger partial charge < -0.3 is 5.32 Å². The Balaban J connectivity index is 1.99. The molecule has 0 bridgehead atoms. The highest BCUT2D eigenvalue weighted by Crippen LogP contribution is 2.22. The van der Waals surface area contributed by atoms with Crippen LogP contribution in [0.1, 0.15) is 26.3 Å². The fourth-order valence-electron chi connectivity index (χ4n) is 1.86. The summed E-state index contributed by atoms with van der Waals surface area (Å²) in [6.45, 7) is 2.54. The Kier molecular flexibility index (Phi) is 5.38. The lowest BCUT2D eigenvalue weighted by molar-refractivity contribution is 0.0953. The molecule has 2 rings (SSSR count). The van der Waals surface area contributed by atoms with Crippen LogP contribution in [-0.2, 0) is 0 Å². The molecule has 0 saturated heterocycles. The highest BCUT2D eigenvalue weighted by atomic mass is 79.9. The van der Waals surface area contributed by atoms with E-state index in [1.54, 1.807) is 0 Å². The van der Waals surface area contributed by atoms with Crippen molar-refractivity contribution in [3.63, 3.8) is 0 Å². The highest BCUT2D eigenvalue weighted by Gasteiger charge is 2.12. The lowest BCUT2D eigenvalue weighted by Crippen LogP contribution is -2.27. The minimum absolute atomic E-state index is 0.0720. The fourth-order valence-corrected chi connectivity index (χ4v) is 3.00. The SMILES string of the molecule is Cc1ccc(C(=O)NCC(Br)c2ccccc2)c(Br)c1. The van der Waals surface area contributed by atoms with Crippen LogP contribution in [0, 0.1) is 6.92 Å². The predicted octanol–water partition coefficient (Wildman–Crippen LogP) is 4.62. The second-order valence-electron chi connectivity index (χ2n) is 4.57. The average Bonchev–Trinajstić information content (AvgIpc) is 2.45. The van der Waals surface area contributed by atoms with Gasteiger partial charge in [0.15, 0.2) is 0 Å². The number of halogens is 2. The number of nitrogens with one attached hydrogen (secondary N) is 1. The Morgan fingerprint density at radius 2 is 1.90 bits per heavy atom. The summed E-state index contributed by atoms with van der Waals surface area (Å²) < 4.78 is 0.820. The van der Waals surface area contributed by atoms with E-state index in [9.17, 15) is 4.79 Å². The monoisotopic (exact) mass is 395 g/mol. The largest absolute Gasteiger partial charge is 0.351 e. The molecule has 1 unspecified atom stereocenters. The molecule has 20 heavy (non-hydrogen) atoms. The van der Waals surface area contributed by atoms with Gasteiger partial charge in [-0.3, -0.25) is 4.79 Å². The Labute approximate surface area is 135 Å². The quantitative estimate of drug-likeness (QED) is 0.750. The van der Waals surface area contributed by atoms with E-state index in [1.807, 2.05) is 55.5 Å². The van der Waals surface area contributed by atoms with E-state index in [1.165, 1.54) is 0 Å². The second-order valence-corrected chi connectivity index (χ2v) is 6.53. The molecule has 2 aromatic carbocycles. The van der Waals surface area contributed by atoms with E-state index in [0.29, 0.717) is 12.1 Å². The molecule has 0 spiro atoms. The molecular weight excluding hydrogens is 382 g/mol. The van der Waals surface area contributed by atoms with Crippen molar-refractivity contribution in [3.05, 3.63) is 69.7 Å². The number of carbonyl (C=O) groups excluding carboxylic acids is 1. The number of amides is 1. The van der Waals surface area contributed by atoms with Crippen molar-refractivity contribution in [1.82, 2.24) is 5.32 Å². The van der Waals surface area contributed by atoms with E-state index >= 15 is 0 Å². The first-order valence-electron chi connectivity index (χ1n) is 6.31. The molecular formula is C16H15Br2NO. The topological polar surface area (TPSA) is 29.1 Å². The summed E-state index contributed by atoms with van der Waals surface area (Å²) >= 11 is 7.02. The summed E-state index contributed by atoms with van der Waals surface area (Å²) in [4.78, 5) is 12.3. The van der Waals surface area contributed by atoms with Gasteiger partial charge in [-0.1, -0.05) is 52.3 Å². The van der Waals surface area contributed by atoms with Crippen molar-refractivity contribution in [2.24, 2.45) is 0 Å². The maximum Gasteiger partial charge on any atom is 0.252 e. The number of benzene rings is 2. The number of hydrogen-bond donors (Lipinski definition) is 1. The van der Waals surface area contributed by atoms with Crippen LogP contribution in [0.3, 0.4) is 0 Å². The number of hydrogen-bond acceptors (Lipinski definition) is 1. The van der Waals surface area contributed by atoms with Crippen molar-refractivity contribution in [2.75, 3.05) is 6.54 Å². The molecule has 0 aliphatic carbocycles. The van der Waals surface area contributed by atoms with E-state index in [4.69, 9.17) is 0 Å². The molecule has 2 aromatic rings. The van der Waals surface area contributed by atoms with Gasteiger partial charge in [0, 0.05) is 11.0 Å². The molecule has 0 aliphatic heterocycles. The van der Waals surface area contributed by atoms with Gasteiger partial charge in [-0.15, -0.1) is 0 Å². The summed E-state index contributed by atoms with van der Waals surface area (Å²) in [5, 5.41) is 2.94. The summed E-state index contributed by atoms with van der Waals surface area (Å²) in [6, 6.07) is 15.7. The average molecular weight is 397 g/mol. The van der Waals surface area contributed by atoms with Crippen LogP contribution >= 0.6 is 31.9 Å². The van der Waals surface area contributed by atoms with Gasteiger partial charge in [0.2, 0.25) is 0 Å². The van der Waals surface area contributed by atoms with Gasteiger partial charge in [-0.2, -0.15) is 0 Å². The molecule has 0 heterocycles. The van der Waals surface area contributed by atoms with Crippen molar-refractivity contribution < 1.29 is 4.79 Å². The van der Waals surface area contributed by atoms with E-state index in [-0.39, 0.29) is 10.7 Å². The lowest BCUT2D eigenvalue weighted by Gasteiger charge is -2.12. The van der Waals surface area contributed by atoms with Crippen LogP contribution in [0.25, 0.3) is 0 Å². The summed E-state index contributed by atoms with van der Waals surface area (Å²) in [7, 11) is 0. The molecule has 0 aliphatic rings. The van der Waals surface area contributed by atoms with Crippen LogP contribution in [0.15, 0.2) is 53.0 Å². The van der Waals surface area contributed by atoms with Crippen LogP contribution in [0.2, 0.25) is 0 Å². The standard InChI is InChI=1S/C16H15Br2NO/c1-11-7-8-13(14(17)9-11)16(20)19-10-15(18)12-5-3-2-4-6-12/h2-9,15H,10H2,1H3,(H,19,20). The summed E-state index contributed by atoms with van der Waals surface area (Å²) in [6.07, 6.45) is 0. The van der Waals surface area contributed by atoms with E-state index in [0.717, 1.165) is 15.6 Å². The Hall–Kier alpha value is -1.13. The fraction of sp³-hybridized carbons (Fsp3) is 0.188. The number of rotatable bonds is 4. The van der Waals surface area contributed by atoms with E-state index < -0.39 is 0 Å². The molecule has 0 saturated carbocycles. The first-order valence-corrected chi connectivity index (χ1v) is 8.02. The van der Waals surface area contributed by atoms with Gasteiger partial charge in [-0.05, 0) is 46.1 Å². The lowest BCUT2D eigenvalue weighted by atomic mass is 10.1. The van der Waals surface area contributed by atoms with Crippen LogP contribution in [0.5, 0.6) is 0 Å². The molecule has 4 heteroatoms. The molecule has 104 valence electrons. The molecule has 1 atom stereocenters. The predicted molar refractivity (Wildman–Crippen MR) is 89.3 cm³/mol. The zero-order valence-corrected chi connectivity index (χ0v) is 14.2. The molecule has 1 amide bonds. The molecule has 0 aromatic heterocycles. The van der Waals surface area contributed by atoms with Gasteiger partial charge in [0.25, 0.3) is 5.91 Å². The van der Waals surface area contributed by atoms with Crippen LogP contribution < -0.4 is 5.32 Å². The van der Waals surface area contributed by atoms with Crippen molar-refractivity contribution in [1.29, 1.82) is 0 Å². The molecule has 2 nitrogen and oxygen atoms in total. The van der Waals surface area contributed by atoms with Crippen molar-refractivity contribution in [2.45, 2.75) is 11.8 Å². The first kappa shape index (κ1) is 15.3. The molecule has 0 fully saturated rings.